The van der Waals surface area contributed by atoms with E-state index in [-0.39, 0.29) is 17.9 Å². The van der Waals surface area contributed by atoms with Gasteiger partial charge in [-0.1, -0.05) is 72.5 Å². The molecule has 2 aliphatic rings. The number of hydrogen-bond acceptors (Lipinski definition) is 3. The van der Waals surface area contributed by atoms with Gasteiger partial charge in [-0.25, -0.2) is 0 Å². The van der Waals surface area contributed by atoms with Gasteiger partial charge in [0.25, 0.3) is 11.8 Å². The van der Waals surface area contributed by atoms with Crippen LogP contribution in [-0.4, -0.2) is 34.6 Å². The van der Waals surface area contributed by atoms with Gasteiger partial charge < -0.3 is 10.2 Å². The number of nitrogens with one attached hydrogen (secondary N) is 1. The van der Waals surface area contributed by atoms with Crippen molar-refractivity contribution in [3.8, 4) is 0 Å². The smallest absolute Gasteiger partial charge is 0.260 e. The molecule has 0 spiro atoms. The Bertz CT molecular complexity index is 1370. The summed E-state index contributed by atoms with van der Waals surface area (Å²) in [7, 11) is 0. The van der Waals surface area contributed by atoms with Gasteiger partial charge in [0.1, 0.15) is 0 Å². The zero-order chi connectivity index (χ0) is 27.4. The van der Waals surface area contributed by atoms with Crippen LogP contribution in [0.5, 0.6) is 0 Å². The Morgan fingerprint density at radius 3 is 2.54 bits per heavy atom. The monoisotopic (exact) mass is 558 g/mol. The highest BCUT2D eigenvalue weighted by molar-refractivity contribution is 8.04. The van der Waals surface area contributed by atoms with Crippen molar-refractivity contribution < 1.29 is 9.59 Å². The van der Waals surface area contributed by atoms with E-state index >= 15 is 0 Å². The molecule has 1 N–H and O–H groups in total. The first-order chi connectivity index (χ1) is 18.9. The number of halogens is 1. The average Bonchev–Trinajstić information content (AvgIpc) is 2.94. The molecule has 3 aromatic carbocycles. The van der Waals surface area contributed by atoms with Gasteiger partial charge in [0, 0.05) is 35.0 Å². The Morgan fingerprint density at radius 1 is 1.03 bits per heavy atom. The lowest BCUT2D eigenvalue weighted by Gasteiger charge is -2.44. The number of carbonyl (C=O) groups excluding carboxylic acids is 2. The van der Waals surface area contributed by atoms with Gasteiger partial charge >= 0.3 is 0 Å². The number of fused-ring (bicyclic) bond motifs is 1. The zero-order valence-electron chi connectivity index (χ0n) is 22.6. The van der Waals surface area contributed by atoms with Crippen LogP contribution in [0.25, 0.3) is 6.08 Å². The molecule has 6 heteroatoms. The molecule has 0 aromatic heterocycles. The molecule has 1 saturated carbocycles. The average molecular weight is 559 g/mol. The van der Waals surface area contributed by atoms with Crippen LogP contribution in [0.3, 0.4) is 0 Å². The summed E-state index contributed by atoms with van der Waals surface area (Å²) in [6.45, 7) is 5.44. The van der Waals surface area contributed by atoms with E-state index in [9.17, 15) is 9.59 Å². The Balaban J connectivity index is 1.27. The van der Waals surface area contributed by atoms with E-state index in [0.717, 1.165) is 35.3 Å². The highest BCUT2D eigenvalue weighted by Crippen LogP contribution is 2.43. The fourth-order valence-corrected chi connectivity index (χ4v) is 7.07. The van der Waals surface area contributed by atoms with E-state index in [2.05, 4.69) is 42.3 Å². The van der Waals surface area contributed by atoms with Crippen LogP contribution in [0.2, 0.25) is 5.02 Å². The molecule has 3 aromatic rings. The lowest BCUT2D eigenvalue weighted by Crippen LogP contribution is -2.50. The van der Waals surface area contributed by atoms with Gasteiger partial charge in [-0.3, -0.25) is 9.59 Å². The lowest BCUT2D eigenvalue weighted by atomic mass is 9.92. The standard InChI is InChI=1S/C33H35ClN2O2S/c1-22-7-8-23(2)27(19-22)21-36-29-5-3-4-6-30(29)39-31(33(36)38)20-25-9-13-26(14-10-25)32(37)35-18-17-24-11-15-28(34)16-12-24/h7-16,19-20,29-30H,3-6,17-18,21H2,1-2H3,(H,35,37)/b31-20-. The molecule has 1 saturated heterocycles. The van der Waals surface area contributed by atoms with Gasteiger partial charge in [0.15, 0.2) is 0 Å². The maximum absolute atomic E-state index is 13.8. The summed E-state index contributed by atoms with van der Waals surface area (Å²) in [6.07, 6.45) is 7.35. The number of amides is 2. The maximum Gasteiger partial charge on any atom is 0.260 e. The second kappa shape index (κ2) is 12.4. The predicted octanol–water partition coefficient (Wildman–Crippen LogP) is 7.36. The van der Waals surface area contributed by atoms with Crippen molar-refractivity contribution in [1.82, 2.24) is 10.2 Å². The topological polar surface area (TPSA) is 49.4 Å². The summed E-state index contributed by atoms with van der Waals surface area (Å²) < 4.78 is 0. The SMILES string of the molecule is Cc1ccc(C)c(CN2C(=O)/C(=C/c3ccc(C(=O)NCCc4ccc(Cl)cc4)cc3)SC3CCCCC32)c1. The molecule has 202 valence electrons. The van der Waals surface area contributed by atoms with Crippen molar-refractivity contribution >= 4 is 41.3 Å². The normalized spacial score (nSPS) is 20.1. The van der Waals surface area contributed by atoms with Crippen molar-refractivity contribution in [2.24, 2.45) is 0 Å². The molecule has 4 nitrogen and oxygen atoms in total. The van der Waals surface area contributed by atoms with Crippen LogP contribution < -0.4 is 5.32 Å². The summed E-state index contributed by atoms with van der Waals surface area (Å²) in [5.41, 5.74) is 6.35. The van der Waals surface area contributed by atoms with Gasteiger partial charge in [-0.15, -0.1) is 11.8 Å². The Hall–Kier alpha value is -3.02. The number of nitrogens with zero attached hydrogens (tertiary/aromatic N) is 1. The van der Waals surface area contributed by atoms with E-state index in [4.69, 9.17) is 11.6 Å². The Morgan fingerprint density at radius 2 is 1.77 bits per heavy atom. The largest absolute Gasteiger partial charge is 0.352 e. The fourth-order valence-electron chi connectivity index (χ4n) is 5.47. The van der Waals surface area contributed by atoms with E-state index in [1.165, 1.54) is 29.5 Å². The first-order valence-electron chi connectivity index (χ1n) is 13.8. The minimum atomic E-state index is -0.101. The lowest BCUT2D eigenvalue weighted by molar-refractivity contribution is -0.130. The molecule has 1 heterocycles. The van der Waals surface area contributed by atoms with Crippen molar-refractivity contribution in [2.45, 2.75) is 63.8 Å². The first kappa shape index (κ1) is 27.5. The van der Waals surface area contributed by atoms with Gasteiger partial charge in [-0.05, 0) is 85.7 Å². The predicted molar refractivity (Wildman–Crippen MR) is 162 cm³/mol. The van der Waals surface area contributed by atoms with Crippen molar-refractivity contribution in [3.63, 3.8) is 0 Å². The van der Waals surface area contributed by atoms with Crippen molar-refractivity contribution in [2.75, 3.05) is 6.54 Å². The van der Waals surface area contributed by atoms with E-state index in [1.807, 2.05) is 54.6 Å². The number of benzene rings is 3. The van der Waals surface area contributed by atoms with Crippen LogP contribution in [0.1, 0.15) is 63.9 Å². The maximum atomic E-state index is 13.8. The minimum Gasteiger partial charge on any atom is -0.352 e. The molecule has 0 bridgehead atoms. The molecule has 2 atom stereocenters. The third-order valence-electron chi connectivity index (χ3n) is 7.75. The third-order valence-corrected chi connectivity index (χ3v) is 9.40. The van der Waals surface area contributed by atoms with Crippen molar-refractivity contribution in [1.29, 1.82) is 0 Å². The number of rotatable bonds is 7. The van der Waals surface area contributed by atoms with Crippen LogP contribution in [0, 0.1) is 13.8 Å². The number of aryl methyl sites for hydroxylation is 2. The molecular weight excluding hydrogens is 524 g/mol. The molecule has 1 aliphatic heterocycles. The van der Waals surface area contributed by atoms with Gasteiger partial charge in [0.2, 0.25) is 0 Å². The molecule has 1 aliphatic carbocycles. The van der Waals surface area contributed by atoms with Gasteiger partial charge in [0.05, 0.1) is 4.91 Å². The van der Waals surface area contributed by atoms with Crippen molar-refractivity contribution in [3.05, 3.63) is 110 Å². The van der Waals surface area contributed by atoms with Crippen LogP contribution >= 0.6 is 23.4 Å². The summed E-state index contributed by atoms with van der Waals surface area (Å²) in [5, 5.41) is 4.12. The molecule has 2 amide bonds. The summed E-state index contributed by atoms with van der Waals surface area (Å²) in [6, 6.07) is 22.0. The highest BCUT2D eigenvalue weighted by Gasteiger charge is 2.40. The van der Waals surface area contributed by atoms with Crippen LogP contribution in [0.4, 0.5) is 0 Å². The van der Waals surface area contributed by atoms with Crippen LogP contribution in [-0.2, 0) is 17.8 Å². The molecule has 0 radical (unpaired) electrons. The molecule has 5 rings (SSSR count). The third kappa shape index (κ3) is 6.77. The highest BCUT2D eigenvalue weighted by atomic mass is 35.5. The number of thioether (sulfide) groups is 1. The molecule has 39 heavy (non-hydrogen) atoms. The fraction of sp³-hybridized carbons (Fsp3) is 0.333. The zero-order valence-corrected chi connectivity index (χ0v) is 24.2. The Kier molecular flexibility index (Phi) is 8.79. The summed E-state index contributed by atoms with van der Waals surface area (Å²) >= 11 is 7.69. The van der Waals surface area contributed by atoms with Gasteiger partial charge in [-0.2, -0.15) is 0 Å². The second-order valence-corrected chi connectivity index (χ2v) is 12.4. The van der Waals surface area contributed by atoms with Crippen LogP contribution in [0.15, 0.2) is 71.6 Å². The number of hydrogen-bond donors (Lipinski definition) is 1. The Labute approximate surface area is 240 Å². The van der Waals surface area contributed by atoms with E-state index in [0.29, 0.717) is 28.9 Å². The quantitative estimate of drug-likeness (QED) is 0.308. The number of carbonyl (C=O) groups is 2. The second-order valence-electron chi connectivity index (χ2n) is 10.6. The minimum absolute atomic E-state index is 0.101. The summed E-state index contributed by atoms with van der Waals surface area (Å²) in [5.74, 6) is 0.0177. The first-order valence-corrected chi connectivity index (χ1v) is 15.0. The molecular formula is C33H35ClN2O2S. The van der Waals surface area contributed by atoms with E-state index in [1.54, 1.807) is 11.8 Å². The summed E-state index contributed by atoms with van der Waals surface area (Å²) in [4.78, 5) is 29.4. The molecule has 2 fully saturated rings. The van der Waals surface area contributed by atoms with E-state index < -0.39 is 0 Å². The molecule has 2 unspecified atom stereocenters.